The molecule has 1 aliphatic carbocycles. The Morgan fingerprint density at radius 1 is 0.914 bits per heavy atom. The maximum absolute atomic E-state index is 12.6. The summed E-state index contributed by atoms with van der Waals surface area (Å²) in [5.41, 5.74) is 5.48. The SMILES string of the molecule is Cc1cc(Cl)cc(C(=O)Nc2ccc(-c3nc4ccc(NC(=O)C5CCCCC5)cc4[nH]3)cc2)c1. The van der Waals surface area contributed by atoms with Gasteiger partial charge in [0, 0.05) is 33.4 Å². The van der Waals surface area contributed by atoms with Crippen molar-refractivity contribution in [3.8, 4) is 11.4 Å². The van der Waals surface area contributed by atoms with Gasteiger partial charge in [-0.15, -0.1) is 0 Å². The first-order valence-electron chi connectivity index (χ1n) is 11.9. The van der Waals surface area contributed by atoms with Crippen molar-refractivity contribution in [2.24, 2.45) is 5.92 Å². The number of H-pyrrole nitrogens is 1. The van der Waals surface area contributed by atoms with Crippen LogP contribution < -0.4 is 10.6 Å². The summed E-state index contributed by atoms with van der Waals surface area (Å²) in [7, 11) is 0. The van der Waals surface area contributed by atoms with Gasteiger partial charge in [0.1, 0.15) is 5.82 Å². The number of aromatic nitrogens is 2. The van der Waals surface area contributed by atoms with Gasteiger partial charge in [-0.05, 0) is 86.0 Å². The number of anilines is 2. The van der Waals surface area contributed by atoms with E-state index in [2.05, 4.69) is 20.6 Å². The van der Waals surface area contributed by atoms with Crippen LogP contribution in [0.5, 0.6) is 0 Å². The smallest absolute Gasteiger partial charge is 0.255 e. The minimum atomic E-state index is -0.213. The number of benzene rings is 3. The van der Waals surface area contributed by atoms with Crippen molar-refractivity contribution in [2.45, 2.75) is 39.0 Å². The van der Waals surface area contributed by atoms with E-state index >= 15 is 0 Å². The van der Waals surface area contributed by atoms with Gasteiger partial charge in [-0.3, -0.25) is 9.59 Å². The number of amides is 2. The molecule has 2 amide bonds. The van der Waals surface area contributed by atoms with E-state index in [1.165, 1.54) is 6.42 Å². The number of halogens is 1. The number of hydrogen-bond acceptors (Lipinski definition) is 3. The molecule has 0 spiro atoms. The zero-order valence-corrected chi connectivity index (χ0v) is 20.3. The molecule has 5 rings (SSSR count). The summed E-state index contributed by atoms with van der Waals surface area (Å²) in [6.45, 7) is 1.90. The quantitative estimate of drug-likeness (QED) is 0.285. The number of nitrogens with zero attached hydrogens (tertiary/aromatic N) is 1. The topological polar surface area (TPSA) is 86.9 Å². The number of aromatic amines is 1. The first-order valence-corrected chi connectivity index (χ1v) is 12.3. The molecule has 1 saturated carbocycles. The number of rotatable bonds is 5. The first-order chi connectivity index (χ1) is 16.9. The van der Waals surface area contributed by atoms with Gasteiger partial charge in [0.15, 0.2) is 0 Å². The van der Waals surface area contributed by atoms with Crippen LogP contribution in [0.2, 0.25) is 5.02 Å². The van der Waals surface area contributed by atoms with E-state index < -0.39 is 0 Å². The summed E-state index contributed by atoms with van der Waals surface area (Å²) in [6, 6.07) is 18.5. The molecular formula is C28H27ClN4O2. The maximum atomic E-state index is 12.6. The summed E-state index contributed by atoms with van der Waals surface area (Å²) in [5, 5.41) is 6.50. The molecule has 0 atom stereocenters. The van der Waals surface area contributed by atoms with Crippen LogP contribution in [-0.4, -0.2) is 21.8 Å². The van der Waals surface area contributed by atoms with Crippen molar-refractivity contribution < 1.29 is 9.59 Å². The summed E-state index contributed by atoms with van der Waals surface area (Å²) in [6.07, 6.45) is 5.42. The number of imidazole rings is 1. The minimum absolute atomic E-state index is 0.106. The molecule has 0 radical (unpaired) electrons. The van der Waals surface area contributed by atoms with E-state index in [0.717, 1.165) is 59.4 Å². The van der Waals surface area contributed by atoms with Crippen LogP contribution in [0, 0.1) is 12.8 Å². The molecule has 6 nitrogen and oxygen atoms in total. The Morgan fingerprint density at radius 2 is 1.66 bits per heavy atom. The molecule has 1 aromatic heterocycles. The van der Waals surface area contributed by atoms with Crippen molar-refractivity contribution in [3.05, 3.63) is 76.8 Å². The Labute approximate surface area is 209 Å². The molecule has 4 aromatic rings. The average molecular weight is 487 g/mol. The zero-order chi connectivity index (χ0) is 24.4. The van der Waals surface area contributed by atoms with Gasteiger partial charge >= 0.3 is 0 Å². The number of aryl methyl sites for hydroxylation is 1. The zero-order valence-electron chi connectivity index (χ0n) is 19.5. The van der Waals surface area contributed by atoms with Crippen molar-refractivity contribution in [2.75, 3.05) is 10.6 Å². The van der Waals surface area contributed by atoms with Gasteiger partial charge < -0.3 is 15.6 Å². The molecule has 3 N–H and O–H groups in total. The Kier molecular flexibility index (Phi) is 6.55. The van der Waals surface area contributed by atoms with E-state index in [-0.39, 0.29) is 17.7 Å². The minimum Gasteiger partial charge on any atom is -0.338 e. The second-order valence-corrected chi connectivity index (χ2v) is 9.63. The number of carbonyl (C=O) groups is 2. The predicted molar refractivity (Wildman–Crippen MR) is 141 cm³/mol. The number of nitrogens with one attached hydrogen (secondary N) is 3. The van der Waals surface area contributed by atoms with E-state index in [1.54, 1.807) is 12.1 Å². The lowest BCUT2D eigenvalue weighted by Crippen LogP contribution is -2.24. The van der Waals surface area contributed by atoms with E-state index in [1.807, 2.05) is 55.5 Å². The highest BCUT2D eigenvalue weighted by Crippen LogP contribution is 2.27. The van der Waals surface area contributed by atoms with Crippen LogP contribution in [0.25, 0.3) is 22.4 Å². The molecular weight excluding hydrogens is 460 g/mol. The van der Waals surface area contributed by atoms with Gasteiger partial charge in [-0.1, -0.05) is 30.9 Å². The highest BCUT2D eigenvalue weighted by molar-refractivity contribution is 6.31. The van der Waals surface area contributed by atoms with Crippen molar-refractivity contribution in [3.63, 3.8) is 0 Å². The van der Waals surface area contributed by atoms with Crippen LogP contribution in [-0.2, 0) is 4.79 Å². The van der Waals surface area contributed by atoms with Crippen LogP contribution in [0.1, 0.15) is 48.0 Å². The number of hydrogen-bond donors (Lipinski definition) is 3. The van der Waals surface area contributed by atoms with E-state index in [9.17, 15) is 9.59 Å². The Balaban J connectivity index is 1.28. The fourth-order valence-corrected chi connectivity index (χ4v) is 4.90. The Morgan fingerprint density at radius 3 is 2.40 bits per heavy atom. The van der Waals surface area contributed by atoms with Gasteiger partial charge in [0.25, 0.3) is 5.91 Å². The highest BCUT2D eigenvalue weighted by atomic mass is 35.5. The summed E-state index contributed by atoms with van der Waals surface area (Å²) >= 11 is 6.08. The second-order valence-electron chi connectivity index (χ2n) is 9.19. The number of fused-ring (bicyclic) bond motifs is 1. The molecule has 3 aromatic carbocycles. The molecule has 1 fully saturated rings. The molecule has 1 aliphatic rings. The Hall–Kier alpha value is -3.64. The fourth-order valence-electron chi connectivity index (χ4n) is 4.62. The van der Waals surface area contributed by atoms with Crippen LogP contribution in [0.4, 0.5) is 11.4 Å². The predicted octanol–water partition coefficient (Wildman–Crippen LogP) is 6.96. The van der Waals surface area contributed by atoms with Crippen molar-refractivity contribution in [1.82, 2.24) is 9.97 Å². The largest absolute Gasteiger partial charge is 0.338 e. The molecule has 1 heterocycles. The Bertz CT molecular complexity index is 1370. The first kappa shape index (κ1) is 23.1. The average Bonchev–Trinajstić information content (AvgIpc) is 3.28. The molecule has 7 heteroatoms. The standard InChI is InChI=1S/C28H27ClN4O2/c1-17-13-20(15-21(29)14-17)28(35)30-22-9-7-18(8-10-22)26-32-24-12-11-23(16-25(24)33-26)31-27(34)19-5-3-2-4-6-19/h7-16,19H,2-6H2,1H3,(H,30,35)(H,31,34)(H,32,33). The third-order valence-electron chi connectivity index (χ3n) is 6.45. The van der Waals surface area contributed by atoms with Crippen LogP contribution in [0.3, 0.4) is 0 Å². The molecule has 0 unspecified atom stereocenters. The molecule has 35 heavy (non-hydrogen) atoms. The number of carbonyl (C=O) groups excluding carboxylic acids is 2. The monoisotopic (exact) mass is 486 g/mol. The summed E-state index contributed by atoms with van der Waals surface area (Å²) in [5.74, 6) is 0.724. The lowest BCUT2D eigenvalue weighted by Gasteiger charge is -2.20. The van der Waals surface area contributed by atoms with Crippen LogP contribution in [0.15, 0.2) is 60.7 Å². The lowest BCUT2D eigenvalue weighted by molar-refractivity contribution is -0.120. The molecule has 178 valence electrons. The van der Waals surface area contributed by atoms with Gasteiger partial charge in [-0.25, -0.2) is 4.98 Å². The van der Waals surface area contributed by atoms with Crippen molar-refractivity contribution >= 4 is 45.8 Å². The fraction of sp³-hybridized carbons (Fsp3) is 0.250. The van der Waals surface area contributed by atoms with E-state index in [4.69, 9.17) is 11.6 Å². The highest BCUT2D eigenvalue weighted by Gasteiger charge is 2.21. The van der Waals surface area contributed by atoms with Gasteiger partial charge in [-0.2, -0.15) is 0 Å². The lowest BCUT2D eigenvalue weighted by atomic mass is 9.88. The second kappa shape index (κ2) is 9.92. The summed E-state index contributed by atoms with van der Waals surface area (Å²) in [4.78, 5) is 33.2. The van der Waals surface area contributed by atoms with Gasteiger partial charge in [0.2, 0.25) is 5.91 Å². The maximum Gasteiger partial charge on any atom is 0.255 e. The van der Waals surface area contributed by atoms with Crippen LogP contribution >= 0.6 is 11.6 Å². The third kappa shape index (κ3) is 5.38. The third-order valence-corrected chi connectivity index (χ3v) is 6.66. The normalized spacial score (nSPS) is 14.1. The molecule has 0 saturated heterocycles. The van der Waals surface area contributed by atoms with Crippen molar-refractivity contribution in [1.29, 1.82) is 0 Å². The van der Waals surface area contributed by atoms with E-state index in [0.29, 0.717) is 16.3 Å². The molecule has 0 aliphatic heterocycles. The summed E-state index contributed by atoms with van der Waals surface area (Å²) < 4.78 is 0. The molecule has 0 bridgehead atoms. The van der Waals surface area contributed by atoms with Gasteiger partial charge in [0.05, 0.1) is 11.0 Å².